The zero-order chi connectivity index (χ0) is 47.5. The van der Waals surface area contributed by atoms with Gasteiger partial charge in [-0.2, -0.15) is 0 Å². The van der Waals surface area contributed by atoms with E-state index in [4.69, 9.17) is 0 Å². The van der Waals surface area contributed by atoms with Gasteiger partial charge in [0.05, 0.1) is 22.5 Å². The third kappa shape index (κ3) is 8.20. The molecule has 3 fully saturated rings. The maximum atomic E-state index is 15.8. The van der Waals surface area contributed by atoms with Gasteiger partial charge in [0.1, 0.15) is 29.5 Å². The summed E-state index contributed by atoms with van der Waals surface area (Å²) in [6.45, 7) is 7.65. The largest absolute Gasteiger partial charge is 0.508 e. The van der Waals surface area contributed by atoms with Crippen LogP contribution < -0.4 is 20.4 Å². The molecule has 350 valence electrons. The fourth-order valence-electron chi connectivity index (χ4n) is 10.3. The third-order valence-corrected chi connectivity index (χ3v) is 14.4. The van der Waals surface area contributed by atoms with E-state index in [0.29, 0.717) is 46.5 Å². The second-order valence-corrected chi connectivity index (χ2v) is 18.9. The lowest BCUT2D eigenvalue weighted by Crippen LogP contribution is -2.58. The minimum Gasteiger partial charge on any atom is -0.508 e. The van der Waals surface area contributed by atoms with Gasteiger partial charge in [-0.3, -0.25) is 49.2 Å². The summed E-state index contributed by atoms with van der Waals surface area (Å²) in [5.74, 6) is -4.20. The number of halogens is 2. The van der Waals surface area contributed by atoms with Crippen LogP contribution in [0.25, 0.3) is 11.3 Å². The number of hydrogen-bond donors (Lipinski definition) is 3. The van der Waals surface area contributed by atoms with Gasteiger partial charge in [0.15, 0.2) is 10.9 Å². The molecule has 4 unspecified atom stereocenters. The number of carbonyl (C=O) groups is 6. The molecule has 5 aromatic rings. The first-order valence-corrected chi connectivity index (χ1v) is 23.4. The summed E-state index contributed by atoms with van der Waals surface area (Å²) in [6.07, 6.45) is 3.37. The number of aromatic hydroxyl groups is 1. The number of thiazole rings is 1. The number of anilines is 3. The fourth-order valence-corrected chi connectivity index (χ4v) is 10.8. The Kier molecular flexibility index (Phi) is 11.7. The lowest BCUT2D eigenvalue weighted by molar-refractivity contribution is -0.136. The van der Waals surface area contributed by atoms with Crippen molar-refractivity contribution in [3.63, 3.8) is 0 Å². The number of nitrogens with one attached hydrogen (secondary N) is 2. The van der Waals surface area contributed by atoms with Gasteiger partial charge in [-0.05, 0) is 93.1 Å². The van der Waals surface area contributed by atoms with Crippen LogP contribution in [0.2, 0.25) is 0 Å². The maximum absolute atomic E-state index is 15.8. The molecule has 3 aromatic carbocycles. The number of fused-ring (bicyclic) bond motifs is 2. The molecule has 7 heterocycles. The summed E-state index contributed by atoms with van der Waals surface area (Å²) < 4.78 is 30.2. The van der Waals surface area contributed by atoms with Crippen LogP contribution in [-0.2, 0) is 20.9 Å². The second kappa shape index (κ2) is 17.8. The van der Waals surface area contributed by atoms with Gasteiger partial charge in [0, 0.05) is 86.0 Å². The molecule has 4 atom stereocenters. The normalized spacial score (nSPS) is 21.6. The van der Waals surface area contributed by atoms with Crippen LogP contribution in [0.5, 0.6) is 5.75 Å². The van der Waals surface area contributed by atoms with Crippen molar-refractivity contribution in [1.82, 2.24) is 35.2 Å². The van der Waals surface area contributed by atoms with Crippen LogP contribution in [0.4, 0.5) is 25.4 Å². The maximum Gasteiger partial charge on any atom is 0.262 e. The van der Waals surface area contributed by atoms with Crippen LogP contribution in [0, 0.1) is 17.6 Å². The zero-order valence-electron chi connectivity index (χ0n) is 37.0. The van der Waals surface area contributed by atoms with Crippen LogP contribution in [0.3, 0.4) is 0 Å². The van der Waals surface area contributed by atoms with Crippen molar-refractivity contribution in [2.24, 2.45) is 5.92 Å². The second-order valence-electron chi connectivity index (χ2n) is 18.0. The van der Waals surface area contributed by atoms with Crippen molar-refractivity contribution in [2.45, 2.75) is 70.2 Å². The zero-order valence-corrected chi connectivity index (χ0v) is 37.8. The van der Waals surface area contributed by atoms with E-state index in [9.17, 15) is 38.3 Å². The van der Waals surface area contributed by atoms with Crippen molar-refractivity contribution in [3.8, 4) is 17.0 Å². The Hall–Kier alpha value is -7.19. The summed E-state index contributed by atoms with van der Waals surface area (Å²) in [7, 11) is 0. The van der Waals surface area contributed by atoms with E-state index in [1.54, 1.807) is 17.5 Å². The molecule has 0 spiro atoms. The average molecular weight is 945 g/mol. The average Bonchev–Trinajstić information content (AvgIpc) is 4.02. The molecule has 17 nitrogen and oxygen atoms in total. The van der Waals surface area contributed by atoms with Gasteiger partial charge in [0.25, 0.3) is 23.6 Å². The van der Waals surface area contributed by atoms with Crippen molar-refractivity contribution >= 4 is 63.4 Å². The molecule has 0 saturated carbocycles. The molecule has 3 saturated heterocycles. The first-order chi connectivity index (χ1) is 32.7. The summed E-state index contributed by atoms with van der Waals surface area (Å²) in [4.78, 5) is 91.4. The topological polar surface area (TPSA) is 202 Å². The minimum atomic E-state index is -1.35. The van der Waals surface area contributed by atoms with E-state index in [0.717, 1.165) is 67.5 Å². The first-order valence-electron chi connectivity index (χ1n) is 22.5. The molecule has 10 rings (SSSR count). The van der Waals surface area contributed by atoms with Crippen molar-refractivity contribution in [3.05, 3.63) is 112 Å². The molecule has 5 aliphatic heterocycles. The number of piperidine rings is 2. The number of piperazine rings is 1. The molecule has 20 heteroatoms. The number of carbonyl (C=O) groups excluding carboxylic acids is 6. The number of aromatic nitrogens is 3. The number of phenolic OH excluding ortho intramolecular Hbond substituents is 1. The summed E-state index contributed by atoms with van der Waals surface area (Å²) in [6, 6.07) is 12.5. The lowest BCUT2D eigenvalue weighted by Gasteiger charge is -2.47. The lowest BCUT2D eigenvalue weighted by atomic mass is 9.94. The van der Waals surface area contributed by atoms with Crippen LogP contribution in [0.1, 0.15) is 87.8 Å². The quantitative estimate of drug-likeness (QED) is 0.156. The molecule has 2 aromatic heterocycles. The van der Waals surface area contributed by atoms with Crippen LogP contribution in [-0.4, -0.2) is 121 Å². The van der Waals surface area contributed by atoms with Gasteiger partial charge in [-0.25, -0.2) is 13.8 Å². The molecule has 5 aliphatic rings. The molecule has 0 aliphatic carbocycles. The summed E-state index contributed by atoms with van der Waals surface area (Å²) in [5, 5.41) is 26.7. The number of amides is 6. The first kappa shape index (κ1) is 44.6. The molecule has 68 heavy (non-hydrogen) atoms. The summed E-state index contributed by atoms with van der Waals surface area (Å²) in [5.41, 5.74) is 2.35. The van der Waals surface area contributed by atoms with Crippen LogP contribution >= 0.6 is 11.3 Å². The van der Waals surface area contributed by atoms with Crippen molar-refractivity contribution < 1.29 is 42.7 Å². The predicted molar refractivity (Wildman–Crippen MR) is 245 cm³/mol. The highest BCUT2D eigenvalue weighted by molar-refractivity contribution is 7.13. The highest BCUT2D eigenvalue weighted by Crippen LogP contribution is 2.39. The summed E-state index contributed by atoms with van der Waals surface area (Å²) >= 11 is 1.19. The number of imide groups is 2. The number of hydrogen-bond acceptors (Lipinski definition) is 14. The van der Waals surface area contributed by atoms with E-state index >= 15 is 4.39 Å². The Morgan fingerprint density at radius 3 is 2.31 bits per heavy atom. The van der Waals surface area contributed by atoms with Gasteiger partial charge < -0.3 is 19.8 Å². The number of nitrogens with zero attached hydrogens (tertiary/aromatic N) is 8. The van der Waals surface area contributed by atoms with Gasteiger partial charge in [-0.15, -0.1) is 21.5 Å². The third-order valence-electron chi connectivity index (χ3n) is 13.8. The standard InChI is InChI=1S/C48H46F2N10O7S/c1-25-21-57(38-20-33-32(19-35(38)50)46(66)60(47(33)67)37-7-10-41(62)52-43(37)63)22-26(2)58(25)23-27-11-14-56(15-12-27)40-9-6-36(54-55-40)28-3-4-29-24-59(45(65)31(29)17-28)42(34-18-30(49)5-8-39(34)61)44(64)53-48-51-13-16-68-48/h3-6,8-9,13,16-20,25-27,37,42,61H,7,10-12,14-15,21-24H2,1-2H3,(H,51,53,64)(H,52,62,63). The molecule has 6 amide bonds. The highest BCUT2D eigenvalue weighted by Gasteiger charge is 2.46. The minimum absolute atomic E-state index is 0.00481. The Balaban J connectivity index is 0.753. The van der Waals surface area contributed by atoms with Crippen LogP contribution in [0.15, 0.2) is 72.2 Å². The monoisotopic (exact) mass is 944 g/mol. The van der Waals surface area contributed by atoms with Gasteiger partial charge >= 0.3 is 0 Å². The van der Waals surface area contributed by atoms with Crippen molar-refractivity contribution in [2.75, 3.05) is 47.8 Å². The van der Waals surface area contributed by atoms with E-state index < -0.39 is 59.2 Å². The predicted octanol–water partition coefficient (Wildman–Crippen LogP) is 5.14. The fraction of sp³-hybridized carbons (Fsp3) is 0.354. The van der Waals surface area contributed by atoms with E-state index in [-0.39, 0.29) is 59.6 Å². The Labute approximate surface area is 392 Å². The van der Waals surface area contributed by atoms with Gasteiger partial charge in [0.2, 0.25) is 11.8 Å². The van der Waals surface area contributed by atoms with E-state index in [1.807, 2.05) is 23.1 Å². The van der Waals surface area contributed by atoms with E-state index in [1.165, 1.54) is 28.5 Å². The Bertz CT molecular complexity index is 2870. The number of phenols is 1. The molecule has 0 radical (unpaired) electrons. The molecular formula is C48H46F2N10O7S. The SMILES string of the molecule is CC1CN(c2cc3c(cc2F)C(=O)N(C2CCC(=O)NC2=O)C3=O)CC(C)N1CC1CCN(c2ccc(-c3ccc4c(c3)C(=O)N(C(C(=O)Nc3nccs3)c3cc(F)ccc3O)C4)nn2)CC1. The number of rotatable bonds is 10. The smallest absolute Gasteiger partial charge is 0.262 e. The molecule has 0 bridgehead atoms. The van der Waals surface area contributed by atoms with Gasteiger partial charge in [-0.1, -0.05) is 12.1 Å². The number of benzene rings is 3. The molecule has 3 N–H and O–H groups in total. The Morgan fingerprint density at radius 1 is 0.868 bits per heavy atom. The van der Waals surface area contributed by atoms with E-state index in [2.05, 4.69) is 49.5 Å². The van der Waals surface area contributed by atoms with Crippen molar-refractivity contribution in [1.29, 1.82) is 0 Å². The molecular weight excluding hydrogens is 899 g/mol. The Morgan fingerprint density at radius 2 is 1.62 bits per heavy atom. The highest BCUT2D eigenvalue weighted by atomic mass is 32.1.